The zero-order valence-electron chi connectivity index (χ0n) is 15.9. The van der Waals surface area contributed by atoms with E-state index in [1.807, 2.05) is 6.92 Å². The molecule has 7 nitrogen and oxygen atoms in total. The van der Waals surface area contributed by atoms with E-state index in [2.05, 4.69) is 0 Å². The number of ether oxygens (including phenoxy) is 3. The SMILES string of the molecule is CCCOC(=O)/C=C(/Oc1ccc(O)c(C(C)=O)c1)c1ccc(O)c(OC)c1. The van der Waals surface area contributed by atoms with Crippen LogP contribution in [0.4, 0.5) is 0 Å². The Balaban J connectivity index is 2.44. The molecule has 2 aromatic carbocycles. The van der Waals surface area contributed by atoms with Crippen molar-refractivity contribution in [1.82, 2.24) is 0 Å². The Morgan fingerprint density at radius 3 is 2.43 bits per heavy atom. The number of rotatable bonds is 8. The summed E-state index contributed by atoms with van der Waals surface area (Å²) in [5.41, 5.74) is 0.536. The van der Waals surface area contributed by atoms with Gasteiger partial charge in [0.25, 0.3) is 0 Å². The number of methoxy groups -OCH3 is 1. The largest absolute Gasteiger partial charge is 0.507 e. The molecular formula is C21H22O7. The lowest BCUT2D eigenvalue weighted by molar-refractivity contribution is -0.137. The fourth-order valence-corrected chi connectivity index (χ4v) is 2.34. The van der Waals surface area contributed by atoms with Crippen molar-refractivity contribution in [3.63, 3.8) is 0 Å². The number of benzene rings is 2. The Kier molecular flexibility index (Phi) is 7.03. The molecule has 0 spiro atoms. The second-order valence-corrected chi connectivity index (χ2v) is 5.90. The Morgan fingerprint density at radius 1 is 1.07 bits per heavy atom. The lowest BCUT2D eigenvalue weighted by Crippen LogP contribution is -2.06. The van der Waals surface area contributed by atoms with Crippen LogP contribution in [-0.4, -0.2) is 35.7 Å². The highest BCUT2D eigenvalue weighted by Gasteiger charge is 2.14. The van der Waals surface area contributed by atoms with Crippen molar-refractivity contribution >= 4 is 17.5 Å². The van der Waals surface area contributed by atoms with Crippen molar-refractivity contribution in [3.05, 3.63) is 53.6 Å². The van der Waals surface area contributed by atoms with Gasteiger partial charge in [0.2, 0.25) is 0 Å². The molecule has 7 heteroatoms. The molecular weight excluding hydrogens is 364 g/mol. The molecule has 0 amide bonds. The van der Waals surface area contributed by atoms with Gasteiger partial charge in [-0.1, -0.05) is 6.92 Å². The van der Waals surface area contributed by atoms with Crippen LogP contribution in [0.25, 0.3) is 5.76 Å². The fourth-order valence-electron chi connectivity index (χ4n) is 2.34. The van der Waals surface area contributed by atoms with Crippen molar-refractivity contribution in [1.29, 1.82) is 0 Å². The van der Waals surface area contributed by atoms with Crippen molar-refractivity contribution in [2.24, 2.45) is 0 Å². The predicted molar refractivity (Wildman–Crippen MR) is 103 cm³/mol. The minimum Gasteiger partial charge on any atom is -0.507 e. The molecule has 0 aliphatic heterocycles. The van der Waals surface area contributed by atoms with Crippen molar-refractivity contribution < 1.29 is 34.0 Å². The standard InChI is InChI=1S/C21H22O7/c1-4-9-27-21(25)12-19(14-5-7-18(24)20(10-14)26-3)28-15-6-8-17(23)16(11-15)13(2)22/h5-8,10-12,23-24H,4,9H2,1-3H3/b19-12+. The Morgan fingerprint density at radius 2 is 1.79 bits per heavy atom. The number of phenols is 2. The molecule has 0 bridgehead atoms. The van der Waals surface area contributed by atoms with Gasteiger partial charge in [-0.2, -0.15) is 0 Å². The maximum atomic E-state index is 12.1. The van der Waals surface area contributed by atoms with Gasteiger partial charge in [0.05, 0.1) is 25.4 Å². The lowest BCUT2D eigenvalue weighted by Gasteiger charge is -2.13. The van der Waals surface area contributed by atoms with Crippen molar-refractivity contribution in [3.8, 4) is 23.0 Å². The molecule has 0 fully saturated rings. The zero-order chi connectivity index (χ0) is 20.7. The van der Waals surface area contributed by atoms with Crippen molar-refractivity contribution in [2.45, 2.75) is 20.3 Å². The highest BCUT2D eigenvalue weighted by atomic mass is 16.5. The summed E-state index contributed by atoms with van der Waals surface area (Å²) in [7, 11) is 1.40. The van der Waals surface area contributed by atoms with Crippen molar-refractivity contribution in [2.75, 3.05) is 13.7 Å². The number of aromatic hydroxyl groups is 2. The number of carbonyl (C=O) groups is 2. The molecule has 2 aromatic rings. The first kappa shape index (κ1) is 20.8. The Bertz CT molecular complexity index is 900. The highest BCUT2D eigenvalue weighted by molar-refractivity contribution is 5.97. The van der Waals surface area contributed by atoms with Crippen LogP contribution in [0.5, 0.6) is 23.0 Å². The third-order valence-corrected chi connectivity index (χ3v) is 3.74. The topological polar surface area (TPSA) is 102 Å². The molecule has 0 saturated carbocycles. The predicted octanol–water partition coefficient (Wildman–Crippen LogP) is 3.68. The van der Waals surface area contributed by atoms with Crippen LogP contribution in [0.3, 0.4) is 0 Å². The summed E-state index contributed by atoms with van der Waals surface area (Å²) in [6, 6.07) is 8.62. The number of Topliss-reactive ketones (excluding diaryl/α,β-unsaturated/α-hetero) is 1. The number of hydrogen-bond acceptors (Lipinski definition) is 7. The number of esters is 1. The van der Waals surface area contributed by atoms with E-state index in [9.17, 15) is 19.8 Å². The maximum absolute atomic E-state index is 12.1. The molecule has 148 valence electrons. The zero-order valence-corrected chi connectivity index (χ0v) is 15.9. The molecule has 2 N–H and O–H groups in total. The molecule has 0 aliphatic rings. The molecule has 0 aliphatic carbocycles. The first-order valence-corrected chi connectivity index (χ1v) is 8.63. The molecule has 0 unspecified atom stereocenters. The minimum atomic E-state index is -0.602. The van der Waals surface area contributed by atoms with Gasteiger partial charge in [0.1, 0.15) is 17.3 Å². The van der Waals surface area contributed by atoms with E-state index in [0.717, 1.165) is 0 Å². The molecule has 2 rings (SSSR count). The van der Waals surface area contributed by atoms with Gasteiger partial charge in [0.15, 0.2) is 17.3 Å². The summed E-state index contributed by atoms with van der Waals surface area (Å²) >= 11 is 0. The number of carbonyl (C=O) groups excluding carboxylic acids is 2. The van der Waals surface area contributed by atoms with Gasteiger partial charge < -0.3 is 24.4 Å². The number of hydrogen-bond donors (Lipinski definition) is 2. The average Bonchev–Trinajstić information content (AvgIpc) is 2.67. The van der Waals surface area contributed by atoms with E-state index in [1.54, 1.807) is 6.07 Å². The van der Waals surface area contributed by atoms with Gasteiger partial charge >= 0.3 is 5.97 Å². The fraction of sp³-hybridized carbons (Fsp3) is 0.238. The monoisotopic (exact) mass is 386 g/mol. The average molecular weight is 386 g/mol. The molecule has 0 atom stereocenters. The summed E-state index contributed by atoms with van der Waals surface area (Å²) in [5.74, 6) is -0.605. The smallest absolute Gasteiger partial charge is 0.334 e. The van der Waals surface area contributed by atoms with Crippen LogP contribution < -0.4 is 9.47 Å². The summed E-state index contributed by atoms with van der Waals surface area (Å²) in [5, 5.41) is 19.6. The second-order valence-electron chi connectivity index (χ2n) is 5.90. The first-order valence-electron chi connectivity index (χ1n) is 8.63. The van der Waals surface area contributed by atoms with Gasteiger partial charge in [0, 0.05) is 5.56 Å². The number of phenolic OH excluding ortho intramolecular Hbond substituents is 2. The van der Waals surface area contributed by atoms with Crippen LogP contribution in [-0.2, 0) is 9.53 Å². The van der Waals surface area contributed by atoms with Gasteiger partial charge in [-0.15, -0.1) is 0 Å². The van der Waals surface area contributed by atoms with Crippen LogP contribution in [0, 0.1) is 0 Å². The maximum Gasteiger partial charge on any atom is 0.334 e. The van der Waals surface area contributed by atoms with E-state index in [4.69, 9.17) is 14.2 Å². The van der Waals surface area contributed by atoms with E-state index in [0.29, 0.717) is 12.0 Å². The molecule has 0 aromatic heterocycles. The quantitative estimate of drug-likeness (QED) is 0.309. The Labute approximate surface area is 162 Å². The molecule has 0 saturated heterocycles. The summed E-state index contributed by atoms with van der Waals surface area (Å²) in [6.07, 6.45) is 1.84. The van der Waals surface area contributed by atoms with Gasteiger partial charge in [-0.3, -0.25) is 4.79 Å². The van der Waals surface area contributed by atoms with Crippen LogP contribution in [0.2, 0.25) is 0 Å². The third-order valence-electron chi connectivity index (χ3n) is 3.74. The van der Waals surface area contributed by atoms with Gasteiger partial charge in [-0.25, -0.2) is 4.79 Å². The van der Waals surface area contributed by atoms with Crippen LogP contribution in [0.15, 0.2) is 42.5 Å². The van der Waals surface area contributed by atoms with Crippen LogP contribution >= 0.6 is 0 Å². The normalized spacial score (nSPS) is 11.0. The highest BCUT2D eigenvalue weighted by Crippen LogP contribution is 2.32. The van der Waals surface area contributed by atoms with E-state index in [1.165, 1.54) is 50.4 Å². The van der Waals surface area contributed by atoms with Gasteiger partial charge in [-0.05, 0) is 49.7 Å². The molecule has 0 radical (unpaired) electrons. The summed E-state index contributed by atoms with van der Waals surface area (Å²) in [6.45, 7) is 3.46. The van der Waals surface area contributed by atoms with E-state index in [-0.39, 0.29) is 46.7 Å². The molecule has 28 heavy (non-hydrogen) atoms. The summed E-state index contributed by atoms with van der Waals surface area (Å²) < 4.78 is 16.0. The van der Waals surface area contributed by atoms with E-state index < -0.39 is 5.97 Å². The first-order chi connectivity index (χ1) is 13.3. The third kappa shape index (κ3) is 5.26. The van der Waals surface area contributed by atoms with Crippen LogP contribution in [0.1, 0.15) is 36.2 Å². The lowest BCUT2D eigenvalue weighted by atomic mass is 10.1. The van der Waals surface area contributed by atoms with E-state index >= 15 is 0 Å². The second kappa shape index (κ2) is 9.45. The summed E-state index contributed by atoms with van der Waals surface area (Å²) in [4.78, 5) is 23.7. The minimum absolute atomic E-state index is 0.0670. The Hall–Kier alpha value is -3.48. The molecule has 0 heterocycles. The number of ketones is 1.